The van der Waals surface area contributed by atoms with Crippen molar-refractivity contribution in [2.75, 3.05) is 5.33 Å². The van der Waals surface area contributed by atoms with Crippen molar-refractivity contribution in [2.24, 2.45) is 0 Å². The SMILES string of the molecule is O=C(CCCCBr)NCc1ccccc1[N+](=O)[O-]. The highest BCUT2D eigenvalue weighted by Gasteiger charge is 2.12. The quantitative estimate of drug-likeness (QED) is 0.364. The van der Waals surface area contributed by atoms with Gasteiger partial charge in [-0.05, 0) is 12.8 Å². The molecule has 18 heavy (non-hydrogen) atoms. The number of hydrogen-bond acceptors (Lipinski definition) is 3. The number of hydrogen-bond donors (Lipinski definition) is 1. The van der Waals surface area contributed by atoms with Gasteiger partial charge in [-0.2, -0.15) is 0 Å². The van der Waals surface area contributed by atoms with E-state index in [2.05, 4.69) is 21.2 Å². The summed E-state index contributed by atoms with van der Waals surface area (Å²) in [6, 6.07) is 6.42. The number of carbonyl (C=O) groups excluding carboxylic acids is 1. The van der Waals surface area contributed by atoms with Crippen LogP contribution in [0.3, 0.4) is 0 Å². The van der Waals surface area contributed by atoms with E-state index in [1.807, 2.05) is 0 Å². The summed E-state index contributed by atoms with van der Waals surface area (Å²) in [6.45, 7) is 0.199. The maximum absolute atomic E-state index is 11.5. The van der Waals surface area contributed by atoms with E-state index in [0.717, 1.165) is 18.2 Å². The Kier molecular flexibility index (Phi) is 6.35. The molecule has 1 rings (SSSR count). The molecule has 0 radical (unpaired) electrons. The number of alkyl halides is 1. The smallest absolute Gasteiger partial charge is 0.274 e. The minimum absolute atomic E-state index is 0.0401. The summed E-state index contributed by atoms with van der Waals surface area (Å²) in [6.07, 6.45) is 2.21. The van der Waals surface area contributed by atoms with Crippen molar-refractivity contribution < 1.29 is 9.72 Å². The first-order valence-electron chi connectivity index (χ1n) is 5.70. The van der Waals surface area contributed by atoms with E-state index in [9.17, 15) is 14.9 Å². The third-order valence-electron chi connectivity index (χ3n) is 2.45. The van der Waals surface area contributed by atoms with Crippen molar-refractivity contribution in [3.05, 3.63) is 39.9 Å². The highest BCUT2D eigenvalue weighted by Crippen LogP contribution is 2.17. The Morgan fingerprint density at radius 2 is 2.06 bits per heavy atom. The number of halogens is 1. The summed E-state index contributed by atoms with van der Waals surface area (Å²) in [5.74, 6) is -0.0749. The Hall–Kier alpha value is -1.43. The van der Waals surface area contributed by atoms with Crippen LogP contribution in [-0.4, -0.2) is 16.2 Å². The van der Waals surface area contributed by atoms with Crippen LogP contribution in [0.15, 0.2) is 24.3 Å². The fourth-order valence-corrected chi connectivity index (χ4v) is 1.90. The van der Waals surface area contributed by atoms with Crippen molar-refractivity contribution in [3.63, 3.8) is 0 Å². The van der Waals surface area contributed by atoms with Crippen molar-refractivity contribution in [3.8, 4) is 0 Å². The Morgan fingerprint density at radius 1 is 1.33 bits per heavy atom. The van der Waals surface area contributed by atoms with Gasteiger partial charge < -0.3 is 5.32 Å². The van der Waals surface area contributed by atoms with E-state index in [-0.39, 0.29) is 18.1 Å². The molecule has 0 aliphatic heterocycles. The fraction of sp³-hybridized carbons (Fsp3) is 0.417. The second kappa shape index (κ2) is 7.81. The van der Waals surface area contributed by atoms with Crippen molar-refractivity contribution in [1.29, 1.82) is 0 Å². The molecule has 6 heteroatoms. The van der Waals surface area contributed by atoms with E-state index >= 15 is 0 Å². The van der Waals surface area contributed by atoms with Gasteiger partial charge in [-0.15, -0.1) is 0 Å². The van der Waals surface area contributed by atoms with Crippen LogP contribution in [-0.2, 0) is 11.3 Å². The fourth-order valence-electron chi connectivity index (χ4n) is 1.50. The number of amides is 1. The average molecular weight is 315 g/mol. The molecule has 0 aliphatic carbocycles. The highest BCUT2D eigenvalue weighted by atomic mass is 79.9. The Morgan fingerprint density at radius 3 is 2.72 bits per heavy atom. The molecule has 1 amide bonds. The maximum atomic E-state index is 11.5. The molecule has 0 bridgehead atoms. The number of benzene rings is 1. The van der Waals surface area contributed by atoms with Crippen LogP contribution < -0.4 is 5.32 Å². The molecule has 0 atom stereocenters. The Labute approximate surface area is 114 Å². The molecular weight excluding hydrogens is 300 g/mol. The molecule has 1 aromatic carbocycles. The maximum Gasteiger partial charge on any atom is 0.274 e. The number of para-hydroxylation sites is 1. The van der Waals surface area contributed by atoms with Gasteiger partial charge in [0.05, 0.1) is 4.92 Å². The molecule has 0 heterocycles. The van der Waals surface area contributed by atoms with Gasteiger partial charge in [-0.25, -0.2) is 0 Å². The largest absolute Gasteiger partial charge is 0.352 e. The van der Waals surface area contributed by atoms with Crippen LogP contribution in [0.5, 0.6) is 0 Å². The van der Waals surface area contributed by atoms with E-state index in [4.69, 9.17) is 0 Å². The second-order valence-electron chi connectivity index (χ2n) is 3.81. The molecule has 0 spiro atoms. The Balaban J connectivity index is 2.48. The highest BCUT2D eigenvalue weighted by molar-refractivity contribution is 9.09. The summed E-state index contributed by atoms with van der Waals surface area (Å²) in [5.41, 5.74) is 0.564. The van der Waals surface area contributed by atoms with Crippen LogP contribution in [0.1, 0.15) is 24.8 Å². The zero-order valence-corrected chi connectivity index (χ0v) is 11.5. The number of nitrogens with one attached hydrogen (secondary N) is 1. The van der Waals surface area contributed by atoms with Crippen molar-refractivity contribution in [2.45, 2.75) is 25.8 Å². The normalized spacial score (nSPS) is 10.1. The molecule has 1 aromatic rings. The topological polar surface area (TPSA) is 72.2 Å². The van der Waals surface area contributed by atoms with Crippen molar-refractivity contribution in [1.82, 2.24) is 5.32 Å². The molecule has 0 saturated carbocycles. The number of rotatable bonds is 7. The number of nitro benzene ring substituents is 1. The van der Waals surface area contributed by atoms with E-state index in [1.165, 1.54) is 6.07 Å². The molecule has 0 aliphatic rings. The Bertz CT molecular complexity index is 424. The standard InChI is InChI=1S/C12H15BrN2O3/c13-8-4-3-7-12(16)14-9-10-5-1-2-6-11(10)15(17)18/h1-2,5-6H,3-4,7-9H2,(H,14,16). The van der Waals surface area contributed by atoms with Crippen LogP contribution in [0.25, 0.3) is 0 Å². The lowest BCUT2D eigenvalue weighted by molar-refractivity contribution is -0.385. The first kappa shape index (κ1) is 14.6. The van der Waals surface area contributed by atoms with Gasteiger partial charge >= 0.3 is 0 Å². The van der Waals surface area contributed by atoms with Gasteiger partial charge in [0.1, 0.15) is 0 Å². The predicted molar refractivity (Wildman–Crippen MR) is 72.6 cm³/mol. The van der Waals surface area contributed by atoms with Gasteiger partial charge in [0, 0.05) is 29.9 Å². The van der Waals surface area contributed by atoms with E-state index in [1.54, 1.807) is 18.2 Å². The molecule has 1 N–H and O–H groups in total. The zero-order valence-electron chi connectivity index (χ0n) is 9.89. The third-order valence-corrected chi connectivity index (χ3v) is 3.01. The summed E-state index contributed by atoms with van der Waals surface area (Å²) >= 11 is 3.29. The molecule has 0 saturated heterocycles. The number of nitro groups is 1. The molecule has 0 unspecified atom stereocenters. The first-order valence-corrected chi connectivity index (χ1v) is 6.82. The van der Waals surface area contributed by atoms with Gasteiger partial charge in [-0.1, -0.05) is 34.1 Å². The monoisotopic (exact) mass is 314 g/mol. The van der Waals surface area contributed by atoms with E-state index in [0.29, 0.717) is 12.0 Å². The van der Waals surface area contributed by atoms with Crippen LogP contribution in [0.4, 0.5) is 5.69 Å². The summed E-state index contributed by atoms with van der Waals surface area (Å²) in [7, 11) is 0. The van der Waals surface area contributed by atoms with Gasteiger partial charge in [-0.3, -0.25) is 14.9 Å². The van der Waals surface area contributed by atoms with Gasteiger partial charge in [0.25, 0.3) is 5.69 Å². The third kappa shape index (κ3) is 4.83. The zero-order chi connectivity index (χ0) is 13.4. The molecule has 5 nitrogen and oxygen atoms in total. The summed E-state index contributed by atoms with van der Waals surface area (Å²) < 4.78 is 0. The van der Waals surface area contributed by atoms with Gasteiger partial charge in [0.15, 0.2) is 0 Å². The minimum Gasteiger partial charge on any atom is -0.352 e. The lowest BCUT2D eigenvalue weighted by atomic mass is 10.1. The molecule has 98 valence electrons. The predicted octanol–water partition coefficient (Wildman–Crippen LogP) is 2.78. The molecule has 0 fully saturated rings. The average Bonchev–Trinajstić information content (AvgIpc) is 2.37. The summed E-state index contributed by atoms with van der Waals surface area (Å²) in [5, 5.41) is 14.3. The number of unbranched alkanes of at least 4 members (excludes halogenated alkanes) is 1. The lowest BCUT2D eigenvalue weighted by Crippen LogP contribution is -2.22. The second-order valence-corrected chi connectivity index (χ2v) is 4.60. The van der Waals surface area contributed by atoms with Crippen LogP contribution >= 0.6 is 15.9 Å². The first-order chi connectivity index (χ1) is 8.65. The van der Waals surface area contributed by atoms with Crippen LogP contribution in [0, 0.1) is 10.1 Å². The van der Waals surface area contributed by atoms with E-state index < -0.39 is 4.92 Å². The lowest BCUT2D eigenvalue weighted by Gasteiger charge is -2.05. The van der Waals surface area contributed by atoms with Gasteiger partial charge in [0.2, 0.25) is 5.91 Å². The summed E-state index contributed by atoms with van der Waals surface area (Å²) in [4.78, 5) is 21.8. The molecule has 0 aromatic heterocycles. The molecular formula is C12H15BrN2O3. The number of carbonyl (C=O) groups is 1. The van der Waals surface area contributed by atoms with Crippen LogP contribution in [0.2, 0.25) is 0 Å². The minimum atomic E-state index is -0.438. The number of nitrogens with zero attached hydrogens (tertiary/aromatic N) is 1. The van der Waals surface area contributed by atoms with Crippen molar-refractivity contribution >= 4 is 27.5 Å².